The maximum Gasteiger partial charge on any atom is 0.387 e. The maximum absolute atomic E-state index is 13.6. The SMILES string of the molecule is N#Cc1ccc(OC(F)F)c(NC(=O)C(=O)N2C3CCC2CC(F)(F)C3)c1. The first-order chi connectivity index (χ1) is 12.7. The lowest BCUT2D eigenvalue weighted by atomic mass is 9.98. The van der Waals surface area contributed by atoms with Crippen LogP contribution >= 0.6 is 0 Å². The second-order valence-electron chi connectivity index (χ2n) is 6.52. The molecule has 1 aromatic carbocycles. The molecule has 0 spiro atoms. The van der Waals surface area contributed by atoms with Crippen LogP contribution in [0.15, 0.2) is 18.2 Å². The molecule has 2 aliphatic rings. The number of ether oxygens (including phenoxy) is 1. The fraction of sp³-hybridized carbons (Fsp3) is 0.471. The van der Waals surface area contributed by atoms with Crippen LogP contribution in [0.5, 0.6) is 5.75 Å². The van der Waals surface area contributed by atoms with E-state index >= 15 is 0 Å². The molecule has 10 heteroatoms. The van der Waals surface area contributed by atoms with E-state index in [1.54, 1.807) is 6.07 Å². The molecule has 1 N–H and O–H groups in total. The molecular formula is C17H15F4N3O3. The van der Waals surface area contributed by atoms with Gasteiger partial charge in [-0.25, -0.2) is 8.78 Å². The molecule has 1 aromatic rings. The van der Waals surface area contributed by atoms with Crippen LogP contribution < -0.4 is 10.1 Å². The largest absolute Gasteiger partial charge is 0.433 e. The Balaban J connectivity index is 1.78. The fourth-order valence-electron chi connectivity index (χ4n) is 3.66. The van der Waals surface area contributed by atoms with Gasteiger partial charge in [-0.2, -0.15) is 14.0 Å². The second kappa shape index (κ2) is 7.06. The number of benzene rings is 1. The molecule has 2 heterocycles. The van der Waals surface area contributed by atoms with Gasteiger partial charge in [-0.1, -0.05) is 0 Å². The number of anilines is 1. The number of rotatable bonds is 3. The number of piperidine rings is 1. The standard InChI is InChI=1S/C17H15F4N3O3/c18-16(19)27-13-4-1-9(8-22)5-12(13)23-14(25)15(26)24-10-2-3-11(24)7-17(20,21)6-10/h1,4-5,10-11,16H,2-3,6-7H2,(H,23,25). The molecule has 2 amide bonds. The van der Waals surface area contributed by atoms with E-state index in [9.17, 15) is 27.2 Å². The van der Waals surface area contributed by atoms with Crippen molar-refractivity contribution in [2.24, 2.45) is 0 Å². The van der Waals surface area contributed by atoms with Gasteiger partial charge in [0.15, 0.2) is 0 Å². The third-order valence-electron chi connectivity index (χ3n) is 4.69. The molecule has 6 nitrogen and oxygen atoms in total. The molecule has 2 bridgehead atoms. The highest BCUT2D eigenvalue weighted by atomic mass is 19.3. The number of nitrogens with one attached hydrogen (secondary N) is 1. The molecule has 0 saturated carbocycles. The van der Waals surface area contributed by atoms with Crippen molar-refractivity contribution in [3.05, 3.63) is 23.8 Å². The molecule has 0 radical (unpaired) electrons. The summed E-state index contributed by atoms with van der Waals surface area (Å²) in [6.07, 6.45) is -0.260. The monoisotopic (exact) mass is 385 g/mol. The summed E-state index contributed by atoms with van der Waals surface area (Å²) >= 11 is 0. The van der Waals surface area contributed by atoms with Crippen LogP contribution in [0.2, 0.25) is 0 Å². The van der Waals surface area contributed by atoms with Gasteiger partial charge in [0.2, 0.25) is 0 Å². The lowest BCUT2D eigenvalue weighted by molar-refractivity contribution is -0.152. The van der Waals surface area contributed by atoms with Crippen molar-refractivity contribution in [3.63, 3.8) is 0 Å². The molecule has 2 atom stereocenters. The smallest absolute Gasteiger partial charge is 0.387 e. The Hall–Kier alpha value is -2.83. The summed E-state index contributed by atoms with van der Waals surface area (Å²) in [4.78, 5) is 25.9. The lowest BCUT2D eigenvalue weighted by Gasteiger charge is -2.38. The van der Waals surface area contributed by atoms with Crippen molar-refractivity contribution in [1.29, 1.82) is 5.26 Å². The highest BCUT2D eigenvalue weighted by molar-refractivity contribution is 6.39. The number of halogens is 4. The van der Waals surface area contributed by atoms with E-state index in [0.29, 0.717) is 12.8 Å². The van der Waals surface area contributed by atoms with E-state index < -0.39 is 55.0 Å². The minimum atomic E-state index is -3.18. The van der Waals surface area contributed by atoms with E-state index in [2.05, 4.69) is 10.1 Å². The summed E-state index contributed by atoms with van der Waals surface area (Å²) in [5.74, 6) is -5.47. The number of fused-ring (bicyclic) bond motifs is 2. The van der Waals surface area contributed by atoms with E-state index in [-0.39, 0.29) is 11.3 Å². The molecule has 144 valence electrons. The van der Waals surface area contributed by atoms with Gasteiger partial charge in [-0.3, -0.25) is 9.59 Å². The maximum atomic E-state index is 13.6. The average molecular weight is 385 g/mol. The Labute approximate surface area is 151 Å². The number of alkyl halides is 4. The lowest BCUT2D eigenvalue weighted by Crippen LogP contribution is -2.53. The summed E-state index contributed by atoms with van der Waals surface area (Å²) in [7, 11) is 0. The van der Waals surface area contributed by atoms with E-state index in [1.165, 1.54) is 6.07 Å². The zero-order valence-electron chi connectivity index (χ0n) is 13.9. The van der Waals surface area contributed by atoms with Crippen LogP contribution in [-0.2, 0) is 9.59 Å². The minimum absolute atomic E-state index is 0.0528. The zero-order valence-corrected chi connectivity index (χ0v) is 13.9. The normalized spacial score (nSPS) is 23.0. The van der Waals surface area contributed by atoms with Crippen molar-refractivity contribution in [1.82, 2.24) is 4.90 Å². The summed E-state index contributed by atoms with van der Waals surface area (Å²) in [6.45, 7) is -3.18. The minimum Gasteiger partial charge on any atom is -0.433 e. The number of hydrogen-bond donors (Lipinski definition) is 1. The molecule has 3 rings (SSSR count). The molecule has 0 aliphatic carbocycles. The van der Waals surface area contributed by atoms with E-state index in [1.807, 2.05) is 0 Å². The number of nitriles is 1. The highest BCUT2D eigenvalue weighted by Crippen LogP contribution is 2.43. The van der Waals surface area contributed by atoms with Gasteiger partial charge in [-0.15, -0.1) is 0 Å². The van der Waals surface area contributed by atoms with E-state index in [0.717, 1.165) is 17.0 Å². The number of amides is 2. The van der Waals surface area contributed by atoms with Crippen LogP contribution in [0, 0.1) is 11.3 Å². The topological polar surface area (TPSA) is 82.4 Å². The number of hydrogen-bond acceptors (Lipinski definition) is 4. The molecular weight excluding hydrogens is 370 g/mol. The second-order valence-corrected chi connectivity index (χ2v) is 6.52. The van der Waals surface area contributed by atoms with Crippen molar-refractivity contribution in [2.45, 2.75) is 50.3 Å². The molecule has 2 aliphatic heterocycles. The third-order valence-corrected chi connectivity index (χ3v) is 4.69. The van der Waals surface area contributed by atoms with Crippen molar-refractivity contribution in [2.75, 3.05) is 5.32 Å². The average Bonchev–Trinajstić information content (AvgIpc) is 2.87. The summed E-state index contributed by atoms with van der Waals surface area (Å²) in [5.41, 5.74) is -0.223. The van der Waals surface area contributed by atoms with E-state index in [4.69, 9.17) is 5.26 Å². The van der Waals surface area contributed by atoms with Gasteiger partial charge in [0.05, 0.1) is 17.3 Å². The van der Waals surface area contributed by atoms with Gasteiger partial charge in [-0.05, 0) is 31.0 Å². The van der Waals surface area contributed by atoms with Crippen molar-refractivity contribution >= 4 is 17.5 Å². The quantitative estimate of drug-likeness (QED) is 0.641. The predicted molar refractivity (Wildman–Crippen MR) is 84.3 cm³/mol. The number of carbonyl (C=O) groups is 2. The van der Waals surface area contributed by atoms with Crippen LogP contribution in [0.4, 0.5) is 23.2 Å². The van der Waals surface area contributed by atoms with Gasteiger partial charge in [0.1, 0.15) is 5.75 Å². The van der Waals surface area contributed by atoms with Gasteiger partial charge >= 0.3 is 18.4 Å². The third kappa shape index (κ3) is 3.97. The number of nitrogens with zero attached hydrogens (tertiary/aromatic N) is 2. The van der Waals surface area contributed by atoms with Crippen molar-refractivity contribution in [3.8, 4) is 11.8 Å². The Kier molecular flexibility index (Phi) is 4.95. The zero-order chi connectivity index (χ0) is 19.8. The van der Waals surface area contributed by atoms with Crippen LogP contribution in [-0.4, -0.2) is 41.3 Å². The van der Waals surface area contributed by atoms with Crippen LogP contribution in [0.1, 0.15) is 31.2 Å². The Morgan fingerprint density at radius 3 is 2.44 bits per heavy atom. The molecule has 2 unspecified atom stereocenters. The Morgan fingerprint density at radius 1 is 1.26 bits per heavy atom. The summed E-state index contributed by atoms with van der Waals surface area (Å²) in [6, 6.07) is 3.66. The van der Waals surface area contributed by atoms with Crippen LogP contribution in [0.3, 0.4) is 0 Å². The Morgan fingerprint density at radius 2 is 1.89 bits per heavy atom. The van der Waals surface area contributed by atoms with Crippen molar-refractivity contribution < 1.29 is 31.9 Å². The summed E-state index contributed by atoms with van der Waals surface area (Å²) < 4.78 is 56.5. The summed E-state index contributed by atoms with van der Waals surface area (Å²) in [5, 5.41) is 11.1. The Bertz CT molecular complexity index is 793. The van der Waals surface area contributed by atoms with Gasteiger partial charge < -0.3 is 15.0 Å². The first-order valence-corrected chi connectivity index (χ1v) is 8.20. The van der Waals surface area contributed by atoms with Gasteiger partial charge in [0.25, 0.3) is 5.92 Å². The predicted octanol–water partition coefficient (Wildman–Crippen LogP) is 2.89. The highest BCUT2D eigenvalue weighted by Gasteiger charge is 2.52. The van der Waals surface area contributed by atoms with Crippen LogP contribution in [0.25, 0.3) is 0 Å². The molecule has 27 heavy (non-hydrogen) atoms. The van der Waals surface area contributed by atoms with Gasteiger partial charge in [0, 0.05) is 24.9 Å². The first kappa shape index (κ1) is 18.9. The molecule has 2 fully saturated rings. The molecule has 2 saturated heterocycles. The first-order valence-electron chi connectivity index (χ1n) is 8.20. The molecule has 0 aromatic heterocycles. The fourth-order valence-corrected chi connectivity index (χ4v) is 3.66. The number of carbonyl (C=O) groups excluding carboxylic acids is 2.